The van der Waals surface area contributed by atoms with Crippen molar-refractivity contribution in [1.29, 1.82) is 0 Å². The van der Waals surface area contributed by atoms with Crippen LogP contribution in [0.5, 0.6) is 0 Å². The molecule has 0 aliphatic rings. The van der Waals surface area contributed by atoms with Crippen LogP contribution in [0.15, 0.2) is 34.4 Å². The van der Waals surface area contributed by atoms with Gasteiger partial charge in [0.2, 0.25) is 0 Å². The number of hydrogen-bond donors (Lipinski definition) is 2. The summed E-state index contributed by atoms with van der Waals surface area (Å²) in [7, 11) is 0. The molecule has 0 radical (unpaired) electrons. The first-order valence-electron chi connectivity index (χ1n) is 6.65. The summed E-state index contributed by atoms with van der Waals surface area (Å²) in [5.74, 6) is -0.656. The third-order valence-corrected chi connectivity index (χ3v) is 4.57. The van der Waals surface area contributed by atoms with Crippen LogP contribution in [-0.4, -0.2) is 21.0 Å². The minimum atomic E-state index is -1.09. The number of H-pyrrole nitrogens is 1. The highest BCUT2D eigenvalue weighted by molar-refractivity contribution is 7.16. The lowest BCUT2D eigenvalue weighted by atomic mass is 10.1. The molecule has 0 amide bonds. The number of aromatic amines is 1. The standard InChI is InChI=1S/C16H11ClN2O3S/c1-8(7-9-3-2-4-10(12(9)17)16(21)22)13-18-14(20)11-5-6-23-15(11)19-13/h2-7H,1H3,(H,21,22)(H,18,19,20)/b8-7+. The van der Waals surface area contributed by atoms with Crippen LogP contribution in [0, 0.1) is 0 Å². The van der Waals surface area contributed by atoms with E-state index in [-0.39, 0.29) is 16.1 Å². The summed E-state index contributed by atoms with van der Waals surface area (Å²) >= 11 is 7.52. The smallest absolute Gasteiger partial charge is 0.337 e. The second kappa shape index (κ2) is 5.98. The molecule has 116 valence electrons. The molecule has 1 aromatic carbocycles. The Morgan fingerprint density at radius 3 is 2.91 bits per heavy atom. The number of nitrogens with one attached hydrogen (secondary N) is 1. The van der Waals surface area contributed by atoms with Crippen molar-refractivity contribution in [3.05, 3.63) is 62.0 Å². The number of benzene rings is 1. The molecule has 0 aliphatic heterocycles. The second-order valence-corrected chi connectivity index (χ2v) is 6.17. The monoisotopic (exact) mass is 346 g/mol. The normalized spacial score (nSPS) is 11.8. The molecule has 2 aromatic heterocycles. The van der Waals surface area contributed by atoms with Crippen molar-refractivity contribution < 1.29 is 9.90 Å². The van der Waals surface area contributed by atoms with Crippen molar-refractivity contribution in [3.8, 4) is 0 Å². The number of fused-ring (bicyclic) bond motifs is 1. The van der Waals surface area contributed by atoms with Gasteiger partial charge < -0.3 is 10.1 Å². The fourth-order valence-corrected chi connectivity index (χ4v) is 3.21. The van der Waals surface area contributed by atoms with Crippen LogP contribution in [0.25, 0.3) is 21.9 Å². The third-order valence-electron chi connectivity index (χ3n) is 3.34. The Hall–Kier alpha value is -2.44. The van der Waals surface area contributed by atoms with Gasteiger partial charge in [-0.05, 0) is 41.6 Å². The van der Waals surface area contributed by atoms with Gasteiger partial charge in [-0.25, -0.2) is 9.78 Å². The Kier molecular flexibility index (Phi) is 4.02. The van der Waals surface area contributed by atoms with E-state index >= 15 is 0 Å². The number of allylic oxidation sites excluding steroid dienone is 1. The minimum Gasteiger partial charge on any atom is -0.478 e. The quantitative estimate of drug-likeness (QED) is 0.753. The molecule has 7 heteroatoms. The zero-order valence-corrected chi connectivity index (χ0v) is 13.5. The molecule has 23 heavy (non-hydrogen) atoms. The number of rotatable bonds is 3. The fraction of sp³-hybridized carbons (Fsp3) is 0.0625. The zero-order chi connectivity index (χ0) is 16.6. The van der Waals surface area contributed by atoms with E-state index in [0.29, 0.717) is 27.2 Å². The largest absolute Gasteiger partial charge is 0.478 e. The Bertz CT molecular complexity index is 1000. The van der Waals surface area contributed by atoms with Gasteiger partial charge in [-0.1, -0.05) is 23.7 Å². The molecule has 3 rings (SSSR count). The summed E-state index contributed by atoms with van der Waals surface area (Å²) in [6.07, 6.45) is 1.70. The molecule has 0 fully saturated rings. The van der Waals surface area contributed by atoms with E-state index in [1.54, 1.807) is 31.2 Å². The first-order chi connectivity index (χ1) is 11.0. The molecule has 0 atom stereocenters. The molecule has 0 bridgehead atoms. The highest BCUT2D eigenvalue weighted by Gasteiger charge is 2.12. The summed E-state index contributed by atoms with van der Waals surface area (Å²) in [4.78, 5) is 30.9. The van der Waals surface area contributed by atoms with E-state index in [2.05, 4.69) is 9.97 Å². The molecule has 2 N–H and O–H groups in total. The van der Waals surface area contributed by atoms with Gasteiger partial charge in [-0.2, -0.15) is 0 Å². The molecule has 0 unspecified atom stereocenters. The van der Waals surface area contributed by atoms with Crippen LogP contribution in [0.4, 0.5) is 0 Å². The number of hydrogen-bond acceptors (Lipinski definition) is 4. The number of aromatic nitrogens is 2. The Labute approximate surface area is 139 Å². The van der Waals surface area contributed by atoms with Crippen molar-refractivity contribution in [2.24, 2.45) is 0 Å². The van der Waals surface area contributed by atoms with Gasteiger partial charge in [-0.3, -0.25) is 4.79 Å². The average Bonchev–Trinajstić information content (AvgIpc) is 2.98. The van der Waals surface area contributed by atoms with Gasteiger partial charge in [0, 0.05) is 0 Å². The summed E-state index contributed by atoms with van der Waals surface area (Å²) in [6, 6.07) is 6.49. The van der Waals surface area contributed by atoms with Gasteiger partial charge in [-0.15, -0.1) is 11.3 Å². The SMILES string of the molecule is C/C(=C\c1cccc(C(=O)O)c1Cl)c1nc2sccc2c(=O)[nH]1. The predicted molar refractivity (Wildman–Crippen MR) is 92.2 cm³/mol. The molecule has 0 saturated carbocycles. The maximum absolute atomic E-state index is 12.0. The zero-order valence-electron chi connectivity index (χ0n) is 12.0. The number of nitrogens with zero attached hydrogens (tertiary/aromatic N) is 1. The van der Waals surface area contributed by atoms with Gasteiger partial charge in [0.15, 0.2) is 0 Å². The van der Waals surface area contributed by atoms with E-state index < -0.39 is 5.97 Å². The van der Waals surface area contributed by atoms with E-state index in [1.807, 2.05) is 5.38 Å². The van der Waals surface area contributed by atoms with E-state index in [0.717, 1.165) is 0 Å². The Morgan fingerprint density at radius 1 is 1.39 bits per heavy atom. The Morgan fingerprint density at radius 2 is 2.17 bits per heavy atom. The molecule has 0 aliphatic carbocycles. The van der Waals surface area contributed by atoms with Crippen molar-refractivity contribution in [2.45, 2.75) is 6.92 Å². The van der Waals surface area contributed by atoms with Crippen LogP contribution in [0.2, 0.25) is 5.02 Å². The first kappa shape index (κ1) is 15.5. The third kappa shape index (κ3) is 2.91. The van der Waals surface area contributed by atoms with Crippen LogP contribution in [0.1, 0.15) is 28.7 Å². The summed E-state index contributed by atoms with van der Waals surface area (Å²) in [5.41, 5.74) is 1.06. The molecule has 5 nitrogen and oxygen atoms in total. The van der Waals surface area contributed by atoms with Crippen LogP contribution >= 0.6 is 22.9 Å². The summed E-state index contributed by atoms with van der Waals surface area (Å²) < 4.78 is 0. The van der Waals surface area contributed by atoms with Gasteiger partial charge >= 0.3 is 5.97 Å². The minimum absolute atomic E-state index is 0.0309. The molecule has 0 spiro atoms. The maximum atomic E-state index is 12.0. The van der Waals surface area contributed by atoms with Crippen LogP contribution < -0.4 is 5.56 Å². The summed E-state index contributed by atoms with van der Waals surface area (Å²) in [5, 5.41) is 11.6. The average molecular weight is 347 g/mol. The number of halogens is 1. The number of aromatic carboxylic acids is 1. The van der Waals surface area contributed by atoms with E-state index in [4.69, 9.17) is 16.7 Å². The number of carboxylic acids is 1. The van der Waals surface area contributed by atoms with Gasteiger partial charge in [0.05, 0.1) is 16.0 Å². The second-order valence-electron chi connectivity index (χ2n) is 4.90. The topological polar surface area (TPSA) is 83.0 Å². The van der Waals surface area contributed by atoms with E-state index in [9.17, 15) is 9.59 Å². The molecule has 2 heterocycles. The van der Waals surface area contributed by atoms with Crippen LogP contribution in [-0.2, 0) is 0 Å². The number of carboxylic acid groups (broad SMARTS) is 1. The summed E-state index contributed by atoms with van der Waals surface area (Å²) in [6.45, 7) is 1.78. The van der Waals surface area contributed by atoms with Crippen molar-refractivity contribution in [3.63, 3.8) is 0 Å². The number of thiophene rings is 1. The van der Waals surface area contributed by atoms with Gasteiger partial charge in [0.25, 0.3) is 5.56 Å². The molecular weight excluding hydrogens is 336 g/mol. The lowest BCUT2D eigenvalue weighted by Crippen LogP contribution is -2.09. The fourth-order valence-electron chi connectivity index (χ4n) is 2.18. The Balaban J connectivity index is 2.10. The van der Waals surface area contributed by atoms with Crippen LogP contribution in [0.3, 0.4) is 0 Å². The predicted octanol–water partition coefficient (Wildman–Crippen LogP) is 3.90. The van der Waals surface area contributed by atoms with Crippen molar-refractivity contribution in [1.82, 2.24) is 9.97 Å². The molecule has 0 saturated heterocycles. The van der Waals surface area contributed by atoms with Crippen molar-refractivity contribution in [2.75, 3.05) is 0 Å². The highest BCUT2D eigenvalue weighted by Crippen LogP contribution is 2.25. The van der Waals surface area contributed by atoms with Gasteiger partial charge in [0.1, 0.15) is 10.7 Å². The van der Waals surface area contributed by atoms with E-state index in [1.165, 1.54) is 17.4 Å². The van der Waals surface area contributed by atoms with Crippen molar-refractivity contribution >= 4 is 50.8 Å². The lowest BCUT2D eigenvalue weighted by molar-refractivity contribution is 0.0697. The maximum Gasteiger partial charge on any atom is 0.337 e. The molecular formula is C16H11ClN2O3S. The lowest BCUT2D eigenvalue weighted by Gasteiger charge is -2.05. The first-order valence-corrected chi connectivity index (χ1v) is 7.91. The molecule has 3 aromatic rings. The number of carbonyl (C=O) groups is 1. The highest BCUT2D eigenvalue weighted by atomic mass is 35.5.